The average molecular weight is 187 g/mol. The summed E-state index contributed by atoms with van der Waals surface area (Å²) in [5.41, 5.74) is 10.3. The van der Waals surface area contributed by atoms with Crippen LogP contribution in [0.25, 0.3) is 6.08 Å². The number of hydrogen-bond donors (Lipinski definition) is 2. The second kappa shape index (κ2) is 3.33. The summed E-state index contributed by atoms with van der Waals surface area (Å²) in [4.78, 5) is 10.9. The van der Waals surface area contributed by atoms with Crippen molar-refractivity contribution in [1.29, 1.82) is 0 Å². The van der Waals surface area contributed by atoms with E-state index in [1.54, 1.807) is 30.5 Å². The molecule has 0 spiro atoms. The number of nitrogens with zero attached hydrogens (tertiary/aromatic N) is 1. The van der Waals surface area contributed by atoms with Gasteiger partial charge in [0, 0.05) is 17.3 Å². The molecule has 4 heteroatoms. The molecule has 2 rings (SSSR count). The lowest BCUT2D eigenvalue weighted by atomic mass is 10.1. The monoisotopic (exact) mass is 187 g/mol. The third-order valence-electron chi connectivity index (χ3n) is 1.96. The Morgan fingerprint density at radius 2 is 2.29 bits per heavy atom. The van der Waals surface area contributed by atoms with E-state index in [0.29, 0.717) is 5.56 Å². The Bertz CT molecular complexity index is 435. The van der Waals surface area contributed by atoms with Gasteiger partial charge < -0.3 is 5.73 Å². The third kappa shape index (κ3) is 1.50. The summed E-state index contributed by atoms with van der Waals surface area (Å²) in [6.45, 7) is 0. The Morgan fingerprint density at radius 3 is 3.07 bits per heavy atom. The van der Waals surface area contributed by atoms with Crippen LogP contribution in [-0.4, -0.2) is 12.1 Å². The molecular formula is C10H9N3O. The molecule has 0 fully saturated rings. The fourth-order valence-corrected chi connectivity index (χ4v) is 1.25. The topological polar surface area (TPSA) is 67.5 Å². The van der Waals surface area contributed by atoms with Gasteiger partial charge in [-0.15, -0.1) is 0 Å². The normalized spacial score (nSPS) is 12.9. The lowest BCUT2D eigenvalue weighted by molar-refractivity contribution is 0.100. The van der Waals surface area contributed by atoms with Crippen LogP contribution in [0.3, 0.4) is 0 Å². The Hall–Kier alpha value is -2.10. The molecule has 1 aliphatic rings. The molecule has 1 aromatic rings. The van der Waals surface area contributed by atoms with E-state index in [1.165, 1.54) is 0 Å². The Balaban J connectivity index is 2.49. The van der Waals surface area contributed by atoms with Gasteiger partial charge >= 0.3 is 0 Å². The van der Waals surface area contributed by atoms with Crippen LogP contribution >= 0.6 is 0 Å². The number of benzene rings is 1. The molecule has 1 aliphatic heterocycles. The van der Waals surface area contributed by atoms with Gasteiger partial charge in [-0.2, -0.15) is 5.10 Å². The van der Waals surface area contributed by atoms with Gasteiger partial charge in [0.2, 0.25) is 5.91 Å². The van der Waals surface area contributed by atoms with Gasteiger partial charge in [0.05, 0.1) is 5.69 Å². The van der Waals surface area contributed by atoms with Crippen LogP contribution in [0.15, 0.2) is 29.4 Å². The summed E-state index contributed by atoms with van der Waals surface area (Å²) in [7, 11) is 0. The number of carbonyl (C=O) groups excluding carboxylic acids is 1. The minimum absolute atomic E-state index is 0.425. The molecule has 0 saturated heterocycles. The molecule has 0 unspecified atom stereocenters. The van der Waals surface area contributed by atoms with Crippen LogP contribution in [0, 0.1) is 0 Å². The number of nitrogens with two attached hydrogens (primary N) is 1. The highest BCUT2D eigenvalue weighted by Gasteiger charge is 2.05. The molecule has 0 bridgehead atoms. The van der Waals surface area contributed by atoms with Crippen molar-refractivity contribution in [2.75, 3.05) is 5.43 Å². The lowest BCUT2D eigenvalue weighted by Crippen LogP contribution is -2.11. The zero-order valence-electron chi connectivity index (χ0n) is 7.40. The zero-order chi connectivity index (χ0) is 9.97. The Morgan fingerprint density at radius 1 is 1.43 bits per heavy atom. The first-order valence-electron chi connectivity index (χ1n) is 4.17. The van der Waals surface area contributed by atoms with Crippen molar-refractivity contribution in [3.8, 4) is 0 Å². The second-order valence-corrected chi connectivity index (χ2v) is 2.92. The zero-order valence-corrected chi connectivity index (χ0v) is 7.40. The predicted octanol–water partition coefficient (Wildman–Crippen LogP) is 1.21. The number of fused-ring (bicyclic) bond motifs is 1. The van der Waals surface area contributed by atoms with E-state index >= 15 is 0 Å². The Labute approximate surface area is 81.1 Å². The first-order chi connectivity index (χ1) is 6.77. The van der Waals surface area contributed by atoms with Crippen LogP contribution in [0.5, 0.6) is 0 Å². The van der Waals surface area contributed by atoms with E-state index in [0.717, 1.165) is 11.3 Å². The summed E-state index contributed by atoms with van der Waals surface area (Å²) in [5.74, 6) is -0.425. The van der Waals surface area contributed by atoms with Gasteiger partial charge in [-0.25, -0.2) is 0 Å². The van der Waals surface area contributed by atoms with Crippen molar-refractivity contribution in [2.45, 2.75) is 0 Å². The molecule has 0 atom stereocenters. The lowest BCUT2D eigenvalue weighted by Gasteiger charge is -2.04. The summed E-state index contributed by atoms with van der Waals surface area (Å²) < 4.78 is 0. The molecule has 0 saturated carbocycles. The van der Waals surface area contributed by atoms with E-state index in [9.17, 15) is 4.79 Å². The van der Waals surface area contributed by atoms with Crippen LogP contribution < -0.4 is 11.2 Å². The minimum atomic E-state index is -0.425. The fourth-order valence-electron chi connectivity index (χ4n) is 1.25. The van der Waals surface area contributed by atoms with Crippen molar-refractivity contribution >= 4 is 23.9 Å². The average Bonchev–Trinajstić information content (AvgIpc) is 2.41. The van der Waals surface area contributed by atoms with Gasteiger partial charge in [0.1, 0.15) is 0 Å². The Kier molecular flexibility index (Phi) is 2.02. The number of primary amides is 1. The maximum absolute atomic E-state index is 10.9. The van der Waals surface area contributed by atoms with Gasteiger partial charge in [-0.05, 0) is 24.3 Å². The number of allylic oxidation sites excluding steroid dienone is 1. The molecule has 70 valence electrons. The molecule has 1 aromatic carbocycles. The van der Waals surface area contributed by atoms with Gasteiger partial charge in [0.25, 0.3) is 0 Å². The fraction of sp³-hybridized carbons (Fsp3) is 0. The van der Waals surface area contributed by atoms with Crippen molar-refractivity contribution in [3.05, 3.63) is 35.4 Å². The van der Waals surface area contributed by atoms with E-state index in [2.05, 4.69) is 10.5 Å². The van der Waals surface area contributed by atoms with Gasteiger partial charge in [-0.3, -0.25) is 10.2 Å². The summed E-state index contributed by atoms with van der Waals surface area (Å²) in [5, 5.41) is 3.91. The number of hydrogen-bond acceptors (Lipinski definition) is 3. The van der Waals surface area contributed by atoms with Crippen LogP contribution in [0.4, 0.5) is 5.69 Å². The van der Waals surface area contributed by atoms with Crippen LogP contribution in [0.1, 0.15) is 15.9 Å². The smallest absolute Gasteiger partial charge is 0.248 e. The number of nitrogens with one attached hydrogen (secondary N) is 1. The SMILES string of the molecule is NC(=O)c1ccc2c(c1)C=CC=NN2. The van der Waals surface area contributed by atoms with E-state index in [1.807, 2.05) is 6.08 Å². The second-order valence-electron chi connectivity index (χ2n) is 2.92. The van der Waals surface area contributed by atoms with Crippen LogP contribution in [0.2, 0.25) is 0 Å². The number of hydrazone groups is 1. The van der Waals surface area contributed by atoms with E-state index < -0.39 is 5.91 Å². The molecule has 3 N–H and O–H groups in total. The highest BCUT2D eigenvalue weighted by Crippen LogP contribution is 2.20. The highest BCUT2D eigenvalue weighted by molar-refractivity contribution is 5.95. The quantitative estimate of drug-likeness (QED) is 0.693. The number of carbonyl (C=O) groups is 1. The van der Waals surface area contributed by atoms with Gasteiger partial charge in [-0.1, -0.05) is 6.08 Å². The molecule has 1 amide bonds. The third-order valence-corrected chi connectivity index (χ3v) is 1.96. The van der Waals surface area contributed by atoms with Crippen molar-refractivity contribution in [1.82, 2.24) is 0 Å². The van der Waals surface area contributed by atoms with Gasteiger partial charge in [0.15, 0.2) is 0 Å². The standard InChI is InChI=1S/C10H9N3O/c11-10(14)8-3-4-9-7(6-8)2-1-5-12-13-9/h1-6,13H,(H2,11,14). The summed E-state index contributed by atoms with van der Waals surface area (Å²) in [6, 6.07) is 5.18. The van der Waals surface area contributed by atoms with E-state index in [-0.39, 0.29) is 0 Å². The van der Waals surface area contributed by atoms with E-state index in [4.69, 9.17) is 5.73 Å². The largest absolute Gasteiger partial charge is 0.366 e. The first kappa shape index (κ1) is 8.50. The summed E-state index contributed by atoms with van der Waals surface area (Å²) >= 11 is 0. The predicted molar refractivity (Wildman–Crippen MR) is 56.1 cm³/mol. The molecule has 0 radical (unpaired) electrons. The maximum Gasteiger partial charge on any atom is 0.248 e. The molecule has 0 aliphatic carbocycles. The molecule has 0 aromatic heterocycles. The first-order valence-corrected chi connectivity index (χ1v) is 4.17. The maximum atomic E-state index is 10.9. The molecule has 1 heterocycles. The van der Waals surface area contributed by atoms with Crippen molar-refractivity contribution < 1.29 is 4.79 Å². The minimum Gasteiger partial charge on any atom is -0.366 e. The molecular weight excluding hydrogens is 178 g/mol. The number of amides is 1. The van der Waals surface area contributed by atoms with Crippen molar-refractivity contribution in [3.63, 3.8) is 0 Å². The number of anilines is 1. The van der Waals surface area contributed by atoms with Crippen molar-refractivity contribution in [2.24, 2.45) is 10.8 Å². The molecule has 14 heavy (non-hydrogen) atoms. The van der Waals surface area contributed by atoms with Crippen LogP contribution in [-0.2, 0) is 0 Å². The number of rotatable bonds is 1. The highest BCUT2D eigenvalue weighted by atomic mass is 16.1. The summed E-state index contributed by atoms with van der Waals surface area (Å²) in [6.07, 6.45) is 5.30. The molecule has 4 nitrogen and oxygen atoms in total.